The zero-order chi connectivity index (χ0) is 11.7. The zero-order valence-corrected chi connectivity index (χ0v) is 9.41. The van der Waals surface area contributed by atoms with Crippen LogP contribution in [-0.4, -0.2) is 5.78 Å². The Morgan fingerprint density at radius 1 is 1.31 bits per heavy atom. The van der Waals surface area contributed by atoms with E-state index in [9.17, 15) is 4.79 Å². The van der Waals surface area contributed by atoms with E-state index in [0.717, 1.165) is 0 Å². The first-order valence-electron chi connectivity index (χ1n) is 4.74. The van der Waals surface area contributed by atoms with Crippen molar-refractivity contribution in [1.82, 2.24) is 0 Å². The molecule has 0 bridgehead atoms. The second-order valence-electron chi connectivity index (χ2n) is 3.48. The van der Waals surface area contributed by atoms with Crippen LogP contribution in [0.25, 0.3) is 0 Å². The van der Waals surface area contributed by atoms with Gasteiger partial charge in [-0.1, -0.05) is 11.6 Å². The monoisotopic (exact) mass is 235 g/mol. The predicted molar refractivity (Wildman–Crippen MR) is 62.7 cm³/mol. The van der Waals surface area contributed by atoms with Gasteiger partial charge in [-0.15, -0.1) is 0 Å². The van der Waals surface area contributed by atoms with Crippen LogP contribution in [-0.2, 0) is 0 Å². The van der Waals surface area contributed by atoms with Crippen molar-refractivity contribution in [2.24, 2.45) is 0 Å². The largest absolute Gasteiger partial charge is 0.458 e. The number of nitrogens with two attached hydrogens (primary N) is 1. The number of nitrogen functional groups attached to an aromatic ring is 1. The summed E-state index contributed by atoms with van der Waals surface area (Å²) in [5, 5.41) is 0.437. The van der Waals surface area contributed by atoms with Crippen LogP contribution in [0.2, 0.25) is 5.02 Å². The van der Waals surface area contributed by atoms with Gasteiger partial charge in [-0.3, -0.25) is 4.79 Å². The molecule has 1 aromatic carbocycles. The van der Waals surface area contributed by atoms with Gasteiger partial charge in [0.2, 0.25) is 5.78 Å². The van der Waals surface area contributed by atoms with Crippen LogP contribution in [0.15, 0.2) is 34.7 Å². The molecular formula is C12H10ClNO2. The minimum Gasteiger partial charge on any atom is -0.458 e. The van der Waals surface area contributed by atoms with E-state index < -0.39 is 0 Å². The average Bonchev–Trinajstić information content (AvgIpc) is 2.68. The number of rotatable bonds is 2. The Morgan fingerprint density at radius 3 is 2.62 bits per heavy atom. The van der Waals surface area contributed by atoms with Crippen LogP contribution in [0, 0.1) is 6.92 Å². The van der Waals surface area contributed by atoms with Gasteiger partial charge < -0.3 is 10.2 Å². The summed E-state index contributed by atoms with van der Waals surface area (Å²) in [7, 11) is 0. The zero-order valence-electron chi connectivity index (χ0n) is 8.66. The quantitative estimate of drug-likeness (QED) is 0.643. The number of aryl methyl sites for hydroxylation is 1. The summed E-state index contributed by atoms with van der Waals surface area (Å²) in [5.74, 6) is 0.806. The summed E-state index contributed by atoms with van der Waals surface area (Å²) in [6.45, 7) is 1.78. The van der Waals surface area contributed by atoms with Gasteiger partial charge in [0.15, 0.2) is 5.76 Å². The fourth-order valence-corrected chi connectivity index (χ4v) is 1.50. The predicted octanol–water partition coefficient (Wildman–Crippen LogP) is 3.05. The van der Waals surface area contributed by atoms with E-state index in [1.807, 2.05) is 0 Å². The molecule has 2 N–H and O–H groups in total. The molecule has 16 heavy (non-hydrogen) atoms. The van der Waals surface area contributed by atoms with E-state index in [2.05, 4.69) is 0 Å². The van der Waals surface area contributed by atoms with Crippen LogP contribution in [0.5, 0.6) is 0 Å². The fraction of sp³-hybridized carbons (Fsp3) is 0.0833. The lowest BCUT2D eigenvalue weighted by molar-refractivity contribution is 0.101. The molecule has 0 aliphatic rings. The molecule has 0 aliphatic carbocycles. The van der Waals surface area contributed by atoms with Gasteiger partial charge in [-0.2, -0.15) is 0 Å². The second kappa shape index (κ2) is 4.02. The minimum atomic E-state index is -0.198. The Labute approximate surface area is 97.8 Å². The van der Waals surface area contributed by atoms with E-state index in [1.54, 1.807) is 37.3 Å². The summed E-state index contributed by atoms with van der Waals surface area (Å²) in [6, 6.07) is 8.15. The molecule has 0 saturated heterocycles. The molecule has 0 radical (unpaired) electrons. The summed E-state index contributed by atoms with van der Waals surface area (Å²) >= 11 is 5.78. The summed E-state index contributed by atoms with van der Waals surface area (Å²) in [6.07, 6.45) is 0. The van der Waals surface area contributed by atoms with E-state index in [1.165, 1.54) is 0 Å². The summed E-state index contributed by atoms with van der Waals surface area (Å²) in [4.78, 5) is 11.9. The molecular weight excluding hydrogens is 226 g/mol. The van der Waals surface area contributed by atoms with E-state index in [0.29, 0.717) is 27.8 Å². The highest BCUT2D eigenvalue weighted by Crippen LogP contribution is 2.21. The molecule has 2 aromatic rings. The smallest absolute Gasteiger partial charge is 0.228 e. The lowest BCUT2D eigenvalue weighted by Crippen LogP contribution is -2.00. The van der Waals surface area contributed by atoms with Crippen LogP contribution in [0.3, 0.4) is 0 Å². The van der Waals surface area contributed by atoms with Crippen molar-refractivity contribution in [3.05, 3.63) is 52.4 Å². The summed E-state index contributed by atoms with van der Waals surface area (Å²) < 4.78 is 5.25. The van der Waals surface area contributed by atoms with Gasteiger partial charge in [0.05, 0.1) is 10.7 Å². The number of carbonyl (C=O) groups is 1. The Morgan fingerprint density at radius 2 is 2.06 bits per heavy atom. The second-order valence-corrected chi connectivity index (χ2v) is 3.88. The molecule has 2 rings (SSSR count). The lowest BCUT2D eigenvalue weighted by atomic mass is 10.1. The molecule has 0 saturated carbocycles. The third-order valence-corrected chi connectivity index (χ3v) is 2.57. The third kappa shape index (κ3) is 1.95. The molecule has 4 heteroatoms. The van der Waals surface area contributed by atoms with Crippen molar-refractivity contribution in [3.63, 3.8) is 0 Å². The fourth-order valence-electron chi connectivity index (χ4n) is 1.38. The van der Waals surface area contributed by atoms with E-state index >= 15 is 0 Å². The molecule has 0 atom stereocenters. The maximum absolute atomic E-state index is 11.9. The topological polar surface area (TPSA) is 56.2 Å². The molecule has 0 aliphatic heterocycles. The van der Waals surface area contributed by atoms with Crippen molar-refractivity contribution >= 4 is 23.1 Å². The summed E-state index contributed by atoms with van der Waals surface area (Å²) in [5.41, 5.74) is 6.48. The molecule has 82 valence electrons. The number of furan rings is 1. The normalized spacial score (nSPS) is 10.4. The highest BCUT2D eigenvalue weighted by Gasteiger charge is 2.13. The Hall–Kier alpha value is -1.74. The molecule has 1 heterocycles. The molecule has 1 aromatic heterocycles. The van der Waals surface area contributed by atoms with Crippen molar-refractivity contribution in [3.8, 4) is 0 Å². The Bertz CT molecular complexity index is 546. The van der Waals surface area contributed by atoms with Crippen molar-refractivity contribution in [1.29, 1.82) is 0 Å². The molecule has 3 nitrogen and oxygen atoms in total. The Balaban J connectivity index is 2.38. The van der Waals surface area contributed by atoms with E-state index in [-0.39, 0.29) is 5.78 Å². The van der Waals surface area contributed by atoms with Crippen molar-refractivity contribution < 1.29 is 9.21 Å². The maximum Gasteiger partial charge on any atom is 0.228 e. The first-order valence-corrected chi connectivity index (χ1v) is 5.12. The van der Waals surface area contributed by atoms with Crippen molar-refractivity contribution in [2.45, 2.75) is 6.92 Å². The number of hydrogen-bond donors (Lipinski definition) is 1. The van der Waals surface area contributed by atoms with Crippen LogP contribution < -0.4 is 5.73 Å². The number of ketones is 1. The number of anilines is 1. The van der Waals surface area contributed by atoms with Gasteiger partial charge in [0.25, 0.3) is 0 Å². The van der Waals surface area contributed by atoms with Crippen LogP contribution >= 0.6 is 11.6 Å². The molecule has 0 amide bonds. The average molecular weight is 236 g/mol. The number of halogens is 1. The van der Waals surface area contributed by atoms with Crippen LogP contribution in [0.4, 0.5) is 5.69 Å². The molecule has 0 spiro atoms. The highest BCUT2D eigenvalue weighted by molar-refractivity contribution is 6.33. The standard InChI is InChI=1S/C12H10ClNO2/c1-7-2-5-11(16-7)12(15)8-3-4-9(13)10(14)6-8/h2-6H,14H2,1H3. The SMILES string of the molecule is Cc1ccc(C(=O)c2ccc(Cl)c(N)c2)o1. The highest BCUT2D eigenvalue weighted by atomic mass is 35.5. The van der Waals surface area contributed by atoms with Crippen molar-refractivity contribution in [2.75, 3.05) is 5.73 Å². The van der Waals surface area contributed by atoms with Gasteiger partial charge >= 0.3 is 0 Å². The van der Waals surface area contributed by atoms with Gasteiger partial charge in [-0.05, 0) is 37.3 Å². The first-order chi connectivity index (χ1) is 7.58. The first kappa shape index (κ1) is 10.8. The van der Waals surface area contributed by atoms with Gasteiger partial charge in [0.1, 0.15) is 5.76 Å². The van der Waals surface area contributed by atoms with Gasteiger partial charge in [0, 0.05) is 5.56 Å². The van der Waals surface area contributed by atoms with Gasteiger partial charge in [-0.25, -0.2) is 0 Å². The minimum absolute atomic E-state index is 0.198. The number of carbonyl (C=O) groups excluding carboxylic acids is 1. The molecule has 0 fully saturated rings. The van der Waals surface area contributed by atoms with Crippen LogP contribution in [0.1, 0.15) is 21.9 Å². The Kier molecular flexibility index (Phi) is 2.71. The molecule has 0 unspecified atom stereocenters. The number of hydrogen-bond acceptors (Lipinski definition) is 3. The third-order valence-electron chi connectivity index (χ3n) is 2.22. The maximum atomic E-state index is 11.9. The lowest BCUT2D eigenvalue weighted by Gasteiger charge is -2.01. The number of benzene rings is 1. The van der Waals surface area contributed by atoms with E-state index in [4.69, 9.17) is 21.8 Å².